The van der Waals surface area contributed by atoms with Crippen LogP contribution in [0.3, 0.4) is 0 Å². The Morgan fingerprint density at radius 1 is 0.880 bits per heavy atom. The number of hydrogen-bond acceptors (Lipinski definition) is 2. The molecule has 0 aliphatic heterocycles. The van der Waals surface area contributed by atoms with Gasteiger partial charge in [-0.2, -0.15) is 0 Å². The lowest BCUT2D eigenvalue weighted by Crippen LogP contribution is -2.21. The van der Waals surface area contributed by atoms with Crippen LogP contribution in [0.15, 0.2) is 47.9 Å². The minimum Gasteiger partial charge on any atom is -0.269 e. The molecule has 0 fully saturated rings. The van der Waals surface area contributed by atoms with Crippen LogP contribution in [0, 0.1) is 23.3 Å². The molecule has 1 N–H and O–H groups in total. The Balaban J connectivity index is 1.96. The van der Waals surface area contributed by atoms with E-state index in [4.69, 9.17) is 0 Å². The zero-order chi connectivity index (χ0) is 18.4. The first-order valence-corrected chi connectivity index (χ1v) is 8.04. The van der Waals surface area contributed by atoms with E-state index < -0.39 is 40.2 Å². The molecule has 0 saturated heterocycles. The summed E-state index contributed by atoms with van der Waals surface area (Å²) in [6, 6.07) is 5.68. The normalized spacial score (nSPS) is 12.6. The van der Waals surface area contributed by atoms with Crippen molar-refractivity contribution in [3.05, 3.63) is 82.3 Å². The minimum atomic E-state index is -1.98. The lowest BCUT2D eigenvalue weighted by Gasteiger charge is -1.99. The highest BCUT2D eigenvalue weighted by molar-refractivity contribution is 7.86. The molecule has 1 amide bonds. The second kappa shape index (κ2) is 8.39. The fourth-order valence-corrected chi connectivity index (χ4v) is 2.35. The summed E-state index contributed by atoms with van der Waals surface area (Å²) in [6.45, 7) is 0. The number of hydrogen-bond donors (Lipinski definition) is 1. The summed E-state index contributed by atoms with van der Waals surface area (Å²) in [4.78, 5) is 11.6. The van der Waals surface area contributed by atoms with Gasteiger partial charge >= 0.3 is 0 Å². The number of benzene rings is 2. The average molecular weight is 369 g/mol. The number of carbonyl (C=O) groups is 1. The van der Waals surface area contributed by atoms with Crippen molar-refractivity contribution in [1.82, 2.24) is 4.72 Å². The summed E-state index contributed by atoms with van der Waals surface area (Å²) in [6.07, 6.45) is 3.12. The van der Waals surface area contributed by atoms with E-state index in [1.807, 2.05) is 4.72 Å². The smallest absolute Gasteiger partial charge is 0.255 e. The first kappa shape index (κ1) is 18.6. The molecule has 0 aromatic heterocycles. The molecule has 0 bridgehead atoms. The van der Waals surface area contributed by atoms with Gasteiger partial charge < -0.3 is 0 Å². The summed E-state index contributed by atoms with van der Waals surface area (Å²) >= 11 is 0. The van der Waals surface area contributed by atoms with Gasteiger partial charge in [-0.3, -0.25) is 9.52 Å². The monoisotopic (exact) mass is 369 g/mol. The third kappa shape index (κ3) is 5.68. The van der Waals surface area contributed by atoms with Crippen molar-refractivity contribution in [2.45, 2.75) is 0 Å². The summed E-state index contributed by atoms with van der Waals surface area (Å²) in [5.41, 5.74) is -0.0285. The molecule has 0 radical (unpaired) electrons. The maximum absolute atomic E-state index is 13.4. The highest BCUT2D eigenvalue weighted by Crippen LogP contribution is 2.12. The third-order valence-corrected chi connectivity index (χ3v) is 3.70. The molecular formula is C17H11F4NO2S. The Morgan fingerprint density at radius 2 is 1.40 bits per heavy atom. The maximum atomic E-state index is 13.4. The van der Waals surface area contributed by atoms with Crippen molar-refractivity contribution < 1.29 is 26.6 Å². The van der Waals surface area contributed by atoms with E-state index in [1.54, 1.807) is 0 Å². The molecule has 25 heavy (non-hydrogen) atoms. The highest BCUT2D eigenvalue weighted by atomic mass is 32.2. The van der Waals surface area contributed by atoms with Gasteiger partial charge in [-0.15, -0.1) is 0 Å². The molecule has 0 heterocycles. The molecule has 130 valence electrons. The minimum absolute atomic E-state index is 0.00655. The Bertz CT molecular complexity index is 809. The Morgan fingerprint density at radius 3 is 1.92 bits per heavy atom. The van der Waals surface area contributed by atoms with Gasteiger partial charge in [0.25, 0.3) is 5.91 Å². The summed E-state index contributed by atoms with van der Waals surface area (Å²) in [5, 5.41) is 1.00. The number of rotatable bonds is 5. The number of nitrogens with one attached hydrogen (secondary N) is 1. The van der Waals surface area contributed by atoms with Gasteiger partial charge in [0.15, 0.2) is 0 Å². The molecule has 8 heteroatoms. The zero-order valence-electron chi connectivity index (χ0n) is 12.5. The lowest BCUT2D eigenvalue weighted by atomic mass is 10.2. The van der Waals surface area contributed by atoms with Crippen molar-refractivity contribution in [2.24, 2.45) is 0 Å². The Kier molecular flexibility index (Phi) is 6.24. The summed E-state index contributed by atoms with van der Waals surface area (Å²) in [5.74, 6) is -3.99. The Hall–Kier alpha value is -2.74. The summed E-state index contributed by atoms with van der Waals surface area (Å²) in [7, 11) is -1.98. The van der Waals surface area contributed by atoms with E-state index >= 15 is 0 Å². The maximum Gasteiger partial charge on any atom is 0.255 e. The van der Waals surface area contributed by atoms with Crippen LogP contribution in [0.1, 0.15) is 11.1 Å². The second-order valence-electron chi connectivity index (χ2n) is 4.73. The van der Waals surface area contributed by atoms with E-state index in [9.17, 15) is 26.6 Å². The molecule has 1 atom stereocenters. The van der Waals surface area contributed by atoms with Crippen LogP contribution in [0.25, 0.3) is 12.2 Å². The van der Waals surface area contributed by atoms with Crippen molar-refractivity contribution in [1.29, 1.82) is 0 Å². The lowest BCUT2D eigenvalue weighted by molar-refractivity contribution is -0.114. The van der Waals surface area contributed by atoms with Gasteiger partial charge in [-0.1, -0.05) is 0 Å². The van der Waals surface area contributed by atoms with Crippen LogP contribution < -0.4 is 4.72 Å². The van der Waals surface area contributed by atoms with Crippen molar-refractivity contribution in [3.63, 3.8) is 0 Å². The third-order valence-electron chi connectivity index (χ3n) is 2.91. The van der Waals surface area contributed by atoms with Crippen molar-refractivity contribution >= 4 is 29.0 Å². The van der Waals surface area contributed by atoms with Gasteiger partial charge in [-0.05, 0) is 36.4 Å². The molecule has 2 rings (SSSR count). The van der Waals surface area contributed by atoms with Gasteiger partial charge in [0.2, 0.25) is 0 Å². The van der Waals surface area contributed by atoms with E-state index in [0.717, 1.165) is 47.9 Å². The predicted octanol–water partition coefficient (Wildman–Crippen LogP) is 3.71. The van der Waals surface area contributed by atoms with Crippen LogP contribution in [0.4, 0.5) is 17.6 Å². The van der Waals surface area contributed by atoms with E-state index in [2.05, 4.69) is 0 Å². The van der Waals surface area contributed by atoms with Crippen LogP contribution >= 0.6 is 0 Å². The number of halogens is 4. The zero-order valence-corrected chi connectivity index (χ0v) is 13.3. The van der Waals surface area contributed by atoms with Crippen LogP contribution in [-0.4, -0.2) is 10.1 Å². The largest absolute Gasteiger partial charge is 0.269 e. The molecule has 1 unspecified atom stereocenters. The molecule has 0 aliphatic rings. The SMILES string of the molecule is O=C(/C=C/c1ccc(F)cc1F)NS(=O)/C=C\c1ccc(F)cc1F. The fraction of sp³-hybridized carbons (Fsp3) is 0. The molecule has 0 spiro atoms. The van der Waals surface area contributed by atoms with Crippen LogP contribution in [-0.2, 0) is 15.8 Å². The fourth-order valence-electron chi connectivity index (χ4n) is 1.74. The van der Waals surface area contributed by atoms with Gasteiger partial charge in [-0.25, -0.2) is 21.8 Å². The van der Waals surface area contributed by atoms with Crippen molar-refractivity contribution in [2.75, 3.05) is 0 Å². The van der Waals surface area contributed by atoms with Gasteiger partial charge in [0.05, 0.1) is 0 Å². The second-order valence-corrected chi connectivity index (χ2v) is 5.80. The van der Waals surface area contributed by atoms with E-state index in [0.29, 0.717) is 12.1 Å². The number of amides is 1. The quantitative estimate of drug-likeness (QED) is 0.645. The highest BCUT2D eigenvalue weighted by Gasteiger charge is 2.04. The van der Waals surface area contributed by atoms with Crippen LogP contribution in [0.2, 0.25) is 0 Å². The standard InChI is InChI=1S/C17H11F4NO2S/c18-13-4-1-11(15(20)9-13)3-6-17(23)22-25(24)8-7-12-2-5-14(19)10-16(12)21/h1-10H,(H,22,23)/b6-3+,8-7-. The predicted molar refractivity (Wildman–Crippen MR) is 87.1 cm³/mol. The summed E-state index contributed by atoms with van der Waals surface area (Å²) < 4.78 is 66.0. The van der Waals surface area contributed by atoms with Gasteiger partial charge in [0.1, 0.15) is 34.3 Å². The average Bonchev–Trinajstić information content (AvgIpc) is 2.53. The molecule has 3 nitrogen and oxygen atoms in total. The Labute approximate surface area is 143 Å². The van der Waals surface area contributed by atoms with Crippen LogP contribution in [0.5, 0.6) is 0 Å². The molecular weight excluding hydrogens is 358 g/mol. The topological polar surface area (TPSA) is 46.2 Å². The molecule has 2 aromatic rings. The van der Waals surface area contributed by atoms with Crippen molar-refractivity contribution in [3.8, 4) is 0 Å². The number of carbonyl (C=O) groups excluding carboxylic acids is 1. The molecule has 2 aromatic carbocycles. The van der Waals surface area contributed by atoms with E-state index in [-0.39, 0.29) is 11.1 Å². The molecule has 0 saturated carbocycles. The first-order chi connectivity index (χ1) is 11.8. The van der Waals surface area contributed by atoms with E-state index in [1.165, 1.54) is 0 Å². The molecule has 0 aliphatic carbocycles. The van der Waals surface area contributed by atoms with Gasteiger partial charge in [0, 0.05) is 34.7 Å². The first-order valence-electron chi connectivity index (χ1n) is 6.83.